The molecule has 18 heavy (non-hydrogen) atoms. The molecule has 0 spiro atoms. The fourth-order valence-electron chi connectivity index (χ4n) is 2.10. The van der Waals surface area contributed by atoms with Crippen LogP contribution in [0.25, 0.3) is 0 Å². The van der Waals surface area contributed by atoms with Gasteiger partial charge in [-0.25, -0.2) is 4.98 Å². The topological polar surface area (TPSA) is 41.1 Å². The minimum Gasteiger partial charge on any atom is -0.359 e. The number of anilines is 1. The monoisotopic (exact) mass is 268 g/mol. The Kier molecular flexibility index (Phi) is 4.56. The predicted octanol–water partition coefficient (Wildman–Crippen LogP) is 2.73. The Morgan fingerprint density at radius 3 is 2.56 bits per heavy atom. The average Bonchev–Trinajstić information content (AvgIpc) is 2.79. The molecule has 0 unspecified atom stereocenters. The summed E-state index contributed by atoms with van der Waals surface area (Å²) in [5, 5.41) is 4.34. The molecule has 0 radical (unpaired) electrons. The highest BCUT2D eigenvalue weighted by Gasteiger charge is 2.19. The van der Waals surface area contributed by atoms with Crippen LogP contribution >= 0.6 is 11.5 Å². The molecule has 1 aliphatic rings. The molecule has 1 aromatic rings. The first kappa shape index (κ1) is 13.7. The summed E-state index contributed by atoms with van der Waals surface area (Å²) in [4.78, 5) is 7.07. The zero-order valence-corrected chi connectivity index (χ0v) is 12.5. The lowest BCUT2D eigenvalue weighted by Crippen LogP contribution is -2.33. The van der Waals surface area contributed by atoms with Crippen LogP contribution in [0.2, 0.25) is 0 Å². The van der Waals surface area contributed by atoms with Gasteiger partial charge >= 0.3 is 0 Å². The first-order valence-electron chi connectivity index (χ1n) is 6.86. The third-order valence-electron chi connectivity index (χ3n) is 3.25. The maximum absolute atomic E-state index is 4.54. The van der Waals surface area contributed by atoms with Crippen LogP contribution in [-0.4, -0.2) is 40.4 Å². The zero-order chi connectivity index (χ0) is 13.0. The van der Waals surface area contributed by atoms with Crippen molar-refractivity contribution in [2.24, 2.45) is 0 Å². The third-order valence-corrected chi connectivity index (χ3v) is 3.92. The first-order valence-corrected chi connectivity index (χ1v) is 7.63. The van der Waals surface area contributed by atoms with Crippen molar-refractivity contribution in [3.63, 3.8) is 0 Å². The Morgan fingerprint density at radius 1 is 1.22 bits per heavy atom. The normalized spacial score (nSPS) is 17.9. The van der Waals surface area contributed by atoms with Gasteiger partial charge in [-0.2, -0.15) is 4.37 Å². The summed E-state index contributed by atoms with van der Waals surface area (Å²) in [6.07, 6.45) is 4.11. The molecule has 5 heteroatoms. The lowest BCUT2D eigenvalue weighted by atomic mass is 9.96. The van der Waals surface area contributed by atoms with Crippen LogP contribution in [0.1, 0.15) is 45.9 Å². The van der Waals surface area contributed by atoms with Crippen LogP contribution in [-0.2, 0) is 5.41 Å². The van der Waals surface area contributed by atoms with Crippen molar-refractivity contribution in [1.29, 1.82) is 0 Å². The Bertz CT molecular complexity index is 363. The molecule has 0 bridgehead atoms. The highest BCUT2D eigenvalue weighted by atomic mass is 32.1. The van der Waals surface area contributed by atoms with E-state index in [2.05, 4.69) is 40.3 Å². The minimum atomic E-state index is 0.0449. The zero-order valence-electron chi connectivity index (χ0n) is 11.7. The highest BCUT2D eigenvalue weighted by molar-refractivity contribution is 7.09. The quantitative estimate of drug-likeness (QED) is 0.911. The van der Waals surface area contributed by atoms with Crippen molar-refractivity contribution >= 4 is 16.7 Å². The Balaban J connectivity index is 1.74. The maximum atomic E-state index is 4.54. The number of rotatable bonds is 4. The van der Waals surface area contributed by atoms with Gasteiger partial charge in [-0.15, -0.1) is 0 Å². The number of aromatic nitrogens is 2. The van der Waals surface area contributed by atoms with Gasteiger partial charge < -0.3 is 10.2 Å². The maximum Gasteiger partial charge on any atom is 0.202 e. The van der Waals surface area contributed by atoms with Crippen LogP contribution in [0, 0.1) is 0 Å². The second kappa shape index (κ2) is 5.97. The van der Waals surface area contributed by atoms with E-state index in [1.165, 1.54) is 43.9 Å². The van der Waals surface area contributed by atoms with Gasteiger partial charge in [0, 0.05) is 30.0 Å². The van der Waals surface area contributed by atoms with Crippen LogP contribution in [0.4, 0.5) is 5.13 Å². The van der Waals surface area contributed by atoms with Gasteiger partial charge in [-0.3, -0.25) is 0 Å². The van der Waals surface area contributed by atoms with Gasteiger partial charge in [-0.05, 0) is 25.9 Å². The molecule has 0 saturated carbocycles. The van der Waals surface area contributed by atoms with Crippen molar-refractivity contribution in [3.8, 4) is 0 Å². The summed E-state index contributed by atoms with van der Waals surface area (Å²) in [7, 11) is 0. The van der Waals surface area contributed by atoms with Gasteiger partial charge in [-0.1, -0.05) is 27.2 Å². The van der Waals surface area contributed by atoms with E-state index >= 15 is 0 Å². The Hall–Kier alpha value is -0.680. The molecule has 0 atom stereocenters. The fraction of sp³-hybridized carbons (Fsp3) is 0.846. The van der Waals surface area contributed by atoms with Gasteiger partial charge in [0.2, 0.25) is 5.13 Å². The lowest BCUT2D eigenvalue weighted by molar-refractivity contribution is 0.237. The van der Waals surface area contributed by atoms with E-state index in [1.807, 2.05) is 0 Å². The van der Waals surface area contributed by atoms with Crippen molar-refractivity contribution in [2.45, 2.75) is 45.4 Å². The molecule has 2 heterocycles. The summed E-state index contributed by atoms with van der Waals surface area (Å²) >= 11 is 1.47. The van der Waals surface area contributed by atoms with Gasteiger partial charge in [0.1, 0.15) is 5.82 Å². The van der Waals surface area contributed by atoms with Crippen LogP contribution in [0.15, 0.2) is 0 Å². The number of hydrogen-bond donors (Lipinski definition) is 1. The summed E-state index contributed by atoms with van der Waals surface area (Å²) in [6, 6.07) is 0. The average molecular weight is 268 g/mol. The SMILES string of the molecule is CC(C)(C)c1nsc(NCCN2CCCCC2)n1. The smallest absolute Gasteiger partial charge is 0.202 e. The molecule has 102 valence electrons. The summed E-state index contributed by atoms with van der Waals surface area (Å²) in [5.74, 6) is 0.938. The molecule has 1 fully saturated rings. The third kappa shape index (κ3) is 3.92. The minimum absolute atomic E-state index is 0.0449. The second-order valence-corrected chi connectivity index (χ2v) is 6.75. The van der Waals surface area contributed by atoms with E-state index in [0.717, 1.165) is 24.0 Å². The second-order valence-electron chi connectivity index (χ2n) is 6.00. The summed E-state index contributed by atoms with van der Waals surface area (Å²) in [6.45, 7) is 11.0. The highest BCUT2D eigenvalue weighted by Crippen LogP contribution is 2.22. The van der Waals surface area contributed by atoms with Crippen molar-refractivity contribution in [1.82, 2.24) is 14.3 Å². The van der Waals surface area contributed by atoms with Crippen molar-refractivity contribution in [3.05, 3.63) is 5.82 Å². The molecule has 0 amide bonds. The van der Waals surface area contributed by atoms with E-state index in [4.69, 9.17) is 0 Å². The summed E-state index contributed by atoms with van der Waals surface area (Å²) in [5.41, 5.74) is 0.0449. The van der Waals surface area contributed by atoms with Crippen LogP contribution in [0.3, 0.4) is 0 Å². The molecule has 1 saturated heterocycles. The number of piperidine rings is 1. The molecule has 1 N–H and O–H groups in total. The Morgan fingerprint density at radius 2 is 1.94 bits per heavy atom. The summed E-state index contributed by atoms with van der Waals surface area (Å²) < 4.78 is 4.41. The van der Waals surface area contributed by atoms with Gasteiger partial charge in [0.15, 0.2) is 0 Å². The largest absolute Gasteiger partial charge is 0.359 e. The number of nitrogens with zero attached hydrogens (tertiary/aromatic N) is 3. The van der Waals surface area contributed by atoms with E-state index in [-0.39, 0.29) is 5.41 Å². The standard InChI is InChI=1S/C13H24N4S/c1-13(2,3)11-15-12(18-16-11)14-7-10-17-8-5-4-6-9-17/h4-10H2,1-3H3,(H,14,15,16). The van der Waals surface area contributed by atoms with Crippen molar-refractivity contribution in [2.75, 3.05) is 31.5 Å². The molecule has 1 aromatic heterocycles. The number of likely N-dealkylation sites (tertiary alicyclic amines) is 1. The molecular formula is C13H24N4S. The van der Waals surface area contributed by atoms with Crippen LogP contribution in [0.5, 0.6) is 0 Å². The van der Waals surface area contributed by atoms with E-state index in [9.17, 15) is 0 Å². The van der Waals surface area contributed by atoms with Crippen molar-refractivity contribution < 1.29 is 0 Å². The number of nitrogens with one attached hydrogen (secondary N) is 1. The van der Waals surface area contributed by atoms with E-state index in [1.54, 1.807) is 0 Å². The predicted molar refractivity (Wildman–Crippen MR) is 77.4 cm³/mol. The van der Waals surface area contributed by atoms with Crippen LogP contribution < -0.4 is 5.32 Å². The number of hydrogen-bond acceptors (Lipinski definition) is 5. The lowest BCUT2D eigenvalue weighted by Gasteiger charge is -2.26. The van der Waals surface area contributed by atoms with E-state index in [0.29, 0.717) is 0 Å². The van der Waals surface area contributed by atoms with Gasteiger partial charge in [0.05, 0.1) is 0 Å². The molecular weight excluding hydrogens is 244 g/mol. The molecule has 0 aromatic carbocycles. The first-order chi connectivity index (χ1) is 8.55. The molecule has 0 aliphatic carbocycles. The fourth-order valence-corrected chi connectivity index (χ4v) is 2.89. The van der Waals surface area contributed by atoms with E-state index < -0.39 is 0 Å². The molecule has 1 aliphatic heterocycles. The van der Waals surface area contributed by atoms with Gasteiger partial charge in [0.25, 0.3) is 0 Å². The molecule has 2 rings (SSSR count). The Labute approximate surface area is 114 Å². The molecule has 4 nitrogen and oxygen atoms in total.